The van der Waals surface area contributed by atoms with Gasteiger partial charge in [-0.15, -0.1) is 22.7 Å². The molecule has 144 valence electrons. The van der Waals surface area contributed by atoms with E-state index in [1.54, 1.807) is 18.3 Å². The van der Waals surface area contributed by atoms with Crippen LogP contribution in [0.5, 0.6) is 0 Å². The van der Waals surface area contributed by atoms with Crippen LogP contribution >= 0.6 is 22.7 Å². The molecule has 3 saturated heterocycles. The van der Waals surface area contributed by atoms with Crippen LogP contribution in [0.15, 0.2) is 36.4 Å². The number of carbonyl (C=O) groups excluding carboxylic acids is 2. The minimum absolute atomic E-state index is 0.0431. The number of thiophene rings is 2. The molecule has 0 saturated carbocycles. The van der Waals surface area contributed by atoms with Gasteiger partial charge in [-0.1, -0.05) is 18.2 Å². The number of Topliss-reactive ketones (excluding diaryl/α,β-unsaturated/α-hetero) is 1. The second-order valence-corrected chi connectivity index (χ2v) is 9.91. The molecule has 1 atom stereocenters. The van der Waals surface area contributed by atoms with E-state index < -0.39 is 0 Å². The van der Waals surface area contributed by atoms with Gasteiger partial charge in [-0.25, -0.2) is 0 Å². The van der Waals surface area contributed by atoms with Gasteiger partial charge in [0.25, 0.3) is 5.91 Å². The van der Waals surface area contributed by atoms with Crippen molar-refractivity contribution in [1.29, 1.82) is 0 Å². The molecule has 2 bridgehead atoms. The molecule has 1 N–H and O–H groups in total. The summed E-state index contributed by atoms with van der Waals surface area (Å²) in [4.78, 5) is 29.6. The number of nitrogens with one attached hydrogen (secondary N) is 1. The van der Waals surface area contributed by atoms with E-state index in [2.05, 4.69) is 22.3 Å². The number of nitrogens with zero attached hydrogens (tertiary/aromatic N) is 1. The smallest absolute Gasteiger partial charge is 0.261 e. The number of carbonyl (C=O) groups is 2. The SMILES string of the molecule is CC(=O)c1ccc(-c2cccc3cc(C(=O)NC4CN5CCC4CC5)sc23)s1. The van der Waals surface area contributed by atoms with Crippen LogP contribution in [0.1, 0.15) is 39.1 Å². The Labute approximate surface area is 172 Å². The Morgan fingerprint density at radius 1 is 1.07 bits per heavy atom. The van der Waals surface area contributed by atoms with E-state index in [-0.39, 0.29) is 17.7 Å². The maximum atomic E-state index is 12.9. The molecule has 1 aromatic carbocycles. The van der Waals surface area contributed by atoms with Gasteiger partial charge in [-0.3, -0.25) is 9.59 Å². The fraction of sp³-hybridized carbons (Fsp3) is 0.364. The van der Waals surface area contributed by atoms with Gasteiger partial charge < -0.3 is 10.2 Å². The molecule has 3 aliphatic heterocycles. The summed E-state index contributed by atoms with van der Waals surface area (Å²) in [6.45, 7) is 4.92. The second-order valence-electron chi connectivity index (χ2n) is 7.77. The van der Waals surface area contributed by atoms with E-state index in [1.807, 2.05) is 24.3 Å². The molecule has 28 heavy (non-hydrogen) atoms. The maximum Gasteiger partial charge on any atom is 0.261 e. The van der Waals surface area contributed by atoms with Crippen LogP contribution in [-0.2, 0) is 0 Å². The van der Waals surface area contributed by atoms with Crippen LogP contribution in [-0.4, -0.2) is 42.3 Å². The predicted molar refractivity (Wildman–Crippen MR) is 116 cm³/mol. The first kappa shape index (κ1) is 18.0. The van der Waals surface area contributed by atoms with Crippen molar-refractivity contribution in [2.75, 3.05) is 19.6 Å². The van der Waals surface area contributed by atoms with Gasteiger partial charge in [0.05, 0.1) is 9.75 Å². The largest absolute Gasteiger partial charge is 0.347 e. The maximum absolute atomic E-state index is 12.9. The van der Waals surface area contributed by atoms with E-state index in [1.165, 1.54) is 37.3 Å². The van der Waals surface area contributed by atoms with Gasteiger partial charge in [0, 0.05) is 27.7 Å². The minimum Gasteiger partial charge on any atom is -0.347 e. The quantitative estimate of drug-likeness (QED) is 0.637. The number of ketones is 1. The van der Waals surface area contributed by atoms with E-state index in [0.29, 0.717) is 5.92 Å². The Morgan fingerprint density at radius 2 is 1.89 bits per heavy atom. The lowest BCUT2D eigenvalue weighted by molar-refractivity contribution is 0.0622. The first-order valence-electron chi connectivity index (χ1n) is 9.75. The van der Waals surface area contributed by atoms with Crippen LogP contribution in [0.3, 0.4) is 0 Å². The van der Waals surface area contributed by atoms with Crippen molar-refractivity contribution in [2.45, 2.75) is 25.8 Å². The van der Waals surface area contributed by atoms with Crippen LogP contribution in [0.25, 0.3) is 20.5 Å². The summed E-state index contributed by atoms with van der Waals surface area (Å²) in [5, 5.41) is 4.38. The monoisotopic (exact) mass is 410 g/mol. The van der Waals surface area contributed by atoms with E-state index in [9.17, 15) is 9.59 Å². The molecule has 1 unspecified atom stereocenters. The molecule has 5 heterocycles. The highest BCUT2D eigenvalue weighted by molar-refractivity contribution is 7.22. The standard InChI is InChI=1S/C22H22N2O2S2/c1-13(25)18-5-6-19(27-18)16-4-2-3-15-11-20(28-21(15)16)22(26)23-17-12-24-9-7-14(17)8-10-24/h2-6,11,14,17H,7-10,12H2,1H3,(H,23,26). The molecular formula is C22H22N2O2S2. The Kier molecular flexibility index (Phi) is 4.57. The van der Waals surface area contributed by atoms with Gasteiger partial charge in [-0.05, 0) is 62.4 Å². The zero-order valence-corrected chi connectivity index (χ0v) is 17.4. The summed E-state index contributed by atoms with van der Waals surface area (Å²) >= 11 is 3.06. The third-order valence-corrected chi connectivity index (χ3v) is 8.36. The fourth-order valence-electron chi connectivity index (χ4n) is 4.41. The third kappa shape index (κ3) is 3.19. The Morgan fingerprint density at radius 3 is 2.57 bits per heavy atom. The molecular weight excluding hydrogens is 388 g/mol. The number of piperidine rings is 3. The molecule has 6 rings (SSSR count). The highest BCUT2D eigenvalue weighted by Crippen LogP contribution is 2.38. The summed E-state index contributed by atoms with van der Waals surface area (Å²) in [6.07, 6.45) is 2.39. The van der Waals surface area contributed by atoms with Crippen molar-refractivity contribution in [2.24, 2.45) is 5.92 Å². The third-order valence-electron chi connectivity index (χ3n) is 5.96. The lowest BCUT2D eigenvalue weighted by atomic mass is 9.84. The second kappa shape index (κ2) is 7.10. The van der Waals surface area contributed by atoms with Gasteiger partial charge in [0.2, 0.25) is 0 Å². The molecule has 6 heteroatoms. The molecule has 3 aliphatic rings. The van der Waals surface area contributed by atoms with Crippen molar-refractivity contribution in [1.82, 2.24) is 10.2 Å². The van der Waals surface area contributed by atoms with Crippen molar-refractivity contribution >= 4 is 44.5 Å². The van der Waals surface area contributed by atoms with Gasteiger partial charge in [0.15, 0.2) is 5.78 Å². The summed E-state index contributed by atoms with van der Waals surface area (Å²) in [6, 6.07) is 12.3. The number of fused-ring (bicyclic) bond motifs is 4. The molecule has 3 aromatic rings. The molecule has 3 fully saturated rings. The number of hydrogen-bond donors (Lipinski definition) is 1. The summed E-state index contributed by atoms with van der Waals surface area (Å²) in [5.74, 6) is 0.753. The van der Waals surface area contributed by atoms with Crippen molar-refractivity contribution < 1.29 is 9.59 Å². The number of benzene rings is 1. The van der Waals surface area contributed by atoms with Crippen LogP contribution in [0, 0.1) is 5.92 Å². The van der Waals surface area contributed by atoms with E-state index in [4.69, 9.17) is 0 Å². The Hall–Kier alpha value is -2.02. The first-order chi connectivity index (χ1) is 13.6. The van der Waals surface area contributed by atoms with E-state index >= 15 is 0 Å². The Balaban J connectivity index is 1.43. The fourth-order valence-corrected chi connectivity index (χ4v) is 6.50. The van der Waals surface area contributed by atoms with Gasteiger partial charge in [-0.2, -0.15) is 0 Å². The van der Waals surface area contributed by atoms with Crippen LogP contribution < -0.4 is 5.32 Å². The van der Waals surface area contributed by atoms with Crippen molar-refractivity contribution in [3.8, 4) is 10.4 Å². The lowest BCUT2D eigenvalue weighted by Crippen LogP contribution is -2.57. The summed E-state index contributed by atoms with van der Waals surface area (Å²) in [7, 11) is 0. The van der Waals surface area contributed by atoms with Crippen molar-refractivity contribution in [3.05, 3.63) is 46.2 Å². The Bertz CT molecular complexity index is 1060. The number of hydrogen-bond acceptors (Lipinski definition) is 5. The molecule has 2 aromatic heterocycles. The number of rotatable bonds is 4. The molecule has 1 amide bonds. The lowest BCUT2D eigenvalue weighted by Gasteiger charge is -2.44. The predicted octanol–water partition coefficient (Wildman–Crippen LogP) is 4.66. The van der Waals surface area contributed by atoms with Gasteiger partial charge in [0.1, 0.15) is 0 Å². The average molecular weight is 411 g/mol. The minimum atomic E-state index is 0.0431. The topological polar surface area (TPSA) is 49.4 Å². The molecule has 0 radical (unpaired) electrons. The zero-order valence-electron chi connectivity index (χ0n) is 15.7. The van der Waals surface area contributed by atoms with E-state index in [0.717, 1.165) is 36.8 Å². The first-order valence-corrected chi connectivity index (χ1v) is 11.4. The average Bonchev–Trinajstić information content (AvgIpc) is 3.36. The summed E-state index contributed by atoms with van der Waals surface area (Å²) in [5.41, 5.74) is 1.10. The van der Waals surface area contributed by atoms with Crippen molar-refractivity contribution in [3.63, 3.8) is 0 Å². The molecule has 4 nitrogen and oxygen atoms in total. The van der Waals surface area contributed by atoms with Crippen LogP contribution in [0.4, 0.5) is 0 Å². The van der Waals surface area contributed by atoms with Crippen LogP contribution in [0.2, 0.25) is 0 Å². The molecule has 0 spiro atoms. The summed E-state index contributed by atoms with van der Waals surface area (Å²) < 4.78 is 1.11. The highest BCUT2D eigenvalue weighted by atomic mass is 32.1. The highest BCUT2D eigenvalue weighted by Gasteiger charge is 2.35. The normalized spacial score (nSPS) is 23.8. The zero-order chi connectivity index (χ0) is 19.3. The van der Waals surface area contributed by atoms with Gasteiger partial charge >= 0.3 is 0 Å². The number of amides is 1. The molecule has 0 aliphatic carbocycles.